The third kappa shape index (κ3) is 4.26. The molecular weight excluding hydrogens is 239 g/mol. The Morgan fingerprint density at radius 3 is 2.71 bits per heavy atom. The minimum atomic E-state index is -0.295. The number of hydrogen-bond donors (Lipinski definition) is 2. The van der Waals surface area contributed by atoms with Gasteiger partial charge in [-0.25, -0.2) is 4.39 Å². The van der Waals surface area contributed by atoms with Gasteiger partial charge >= 0.3 is 0 Å². The third-order valence-electron chi connectivity index (χ3n) is 2.90. The molecule has 0 fully saturated rings. The summed E-state index contributed by atoms with van der Waals surface area (Å²) in [6.07, 6.45) is 5.34. The lowest BCUT2D eigenvalue weighted by atomic mass is 10.00. The van der Waals surface area contributed by atoms with Gasteiger partial charge in [0.05, 0.1) is 6.04 Å². The van der Waals surface area contributed by atoms with Crippen molar-refractivity contribution in [1.29, 1.82) is 0 Å². The van der Waals surface area contributed by atoms with Crippen molar-refractivity contribution in [2.45, 2.75) is 45.1 Å². The lowest BCUT2D eigenvalue weighted by Crippen LogP contribution is -2.29. The SMILES string of the molecule is CCCCCCC(NN)c1c(F)cccc1Cl. The minimum absolute atomic E-state index is 0.208. The van der Waals surface area contributed by atoms with E-state index in [0.717, 1.165) is 19.3 Å². The average Bonchev–Trinajstić information content (AvgIpc) is 2.31. The maximum absolute atomic E-state index is 13.7. The summed E-state index contributed by atoms with van der Waals surface area (Å²) in [7, 11) is 0. The minimum Gasteiger partial charge on any atom is -0.271 e. The zero-order chi connectivity index (χ0) is 12.7. The highest BCUT2D eigenvalue weighted by molar-refractivity contribution is 6.31. The van der Waals surface area contributed by atoms with E-state index in [-0.39, 0.29) is 11.9 Å². The molecule has 1 unspecified atom stereocenters. The van der Waals surface area contributed by atoms with E-state index in [0.29, 0.717) is 10.6 Å². The molecule has 17 heavy (non-hydrogen) atoms. The Balaban J connectivity index is 2.66. The van der Waals surface area contributed by atoms with E-state index in [1.54, 1.807) is 12.1 Å². The van der Waals surface area contributed by atoms with Crippen LogP contribution in [0, 0.1) is 5.82 Å². The summed E-state index contributed by atoms with van der Waals surface area (Å²) in [4.78, 5) is 0. The monoisotopic (exact) mass is 258 g/mol. The normalized spacial score (nSPS) is 12.7. The molecule has 1 aromatic rings. The van der Waals surface area contributed by atoms with Gasteiger partial charge in [-0.3, -0.25) is 11.3 Å². The summed E-state index contributed by atoms with van der Waals surface area (Å²) in [5, 5.41) is 0.434. The molecule has 0 bridgehead atoms. The van der Waals surface area contributed by atoms with Crippen LogP contribution in [0.3, 0.4) is 0 Å². The fraction of sp³-hybridized carbons (Fsp3) is 0.538. The molecular formula is C13H20ClFN2. The van der Waals surface area contributed by atoms with Crippen LogP contribution in [-0.2, 0) is 0 Å². The maximum atomic E-state index is 13.7. The van der Waals surface area contributed by atoms with Gasteiger partial charge in [-0.15, -0.1) is 0 Å². The second-order valence-corrected chi connectivity index (χ2v) is 4.61. The summed E-state index contributed by atoms with van der Waals surface area (Å²) >= 11 is 6.01. The van der Waals surface area contributed by atoms with Crippen LogP contribution in [0.2, 0.25) is 5.02 Å². The molecule has 0 aliphatic heterocycles. The zero-order valence-corrected chi connectivity index (χ0v) is 10.9. The molecule has 2 nitrogen and oxygen atoms in total. The number of hydrazine groups is 1. The third-order valence-corrected chi connectivity index (χ3v) is 3.23. The Kier molecular flexibility index (Phi) is 6.48. The van der Waals surface area contributed by atoms with E-state index in [1.807, 2.05) is 0 Å². The molecule has 0 aromatic heterocycles. The van der Waals surface area contributed by atoms with Crippen LogP contribution in [0.1, 0.15) is 50.6 Å². The first-order chi connectivity index (χ1) is 8.20. The molecule has 0 amide bonds. The first-order valence-electron chi connectivity index (χ1n) is 6.10. The highest BCUT2D eigenvalue weighted by Gasteiger charge is 2.17. The van der Waals surface area contributed by atoms with Crippen molar-refractivity contribution in [3.05, 3.63) is 34.6 Å². The summed E-state index contributed by atoms with van der Waals surface area (Å²) in [6, 6.07) is 4.50. The second-order valence-electron chi connectivity index (χ2n) is 4.20. The van der Waals surface area contributed by atoms with E-state index < -0.39 is 0 Å². The number of benzene rings is 1. The molecule has 1 rings (SSSR count). The highest BCUT2D eigenvalue weighted by Crippen LogP contribution is 2.28. The fourth-order valence-electron chi connectivity index (χ4n) is 1.93. The number of nitrogens with two attached hydrogens (primary N) is 1. The number of rotatable bonds is 7. The molecule has 3 N–H and O–H groups in total. The van der Waals surface area contributed by atoms with E-state index in [1.165, 1.54) is 18.9 Å². The van der Waals surface area contributed by atoms with E-state index in [2.05, 4.69) is 12.3 Å². The molecule has 0 radical (unpaired) electrons. The number of hydrogen-bond acceptors (Lipinski definition) is 2. The predicted octanol–water partition coefficient (Wildman–Crippen LogP) is 3.95. The molecule has 0 saturated carbocycles. The first kappa shape index (κ1) is 14.4. The van der Waals surface area contributed by atoms with Crippen LogP contribution in [0.15, 0.2) is 18.2 Å². The van der Waals surface area contributed by atoms with Crippen molar-refractivity contribution in [2.75, 3.05) is 0 Å². The van der Waals surface area contributed by atoms with Crippen molar-refractivity contribution in [3.8, 4) is 0 Å². The first-order valence-corrected chi connectivity index (χ1v) is 6.48. The van der Waals surface area contributed by atoms with Crippen LogP contribution >= 0.6 is 11.6 Å². The van der Waals surface area contributed by atoms with Crippen molar-refractivity contribution >= 4 is 11.6 Å². The lowest BCUT2D eigenvalue weighted by molar-refractivity contribution is 0.461. The molecule has 4 heteroatoms. The van der Waals surface area contributed by atoms with Gasteiger partial charge in [0, 0.05) is 10.6 Å². The molecule has 0 saturated heterocycles. The Morgan fingerprint density at radius 2 is 2.12 bits per heavy atom. The summed E-state index contributed by atoms with van der Waals surface area (Å²) in [6.45, 7) is 2.16. The van der Waals surface area contributed by atoms with E-state index in [4.69, 9.17) is 17.4 Å². The summed E-state index contributed by atoms with van der Waals surface area (Å²) in [5.74, 6) is 5.19. The molecule has 1 aromatic carbocycles. The predicted molar refractivity (Wildman–Crippen MR) is 70.2 cm³/mol. The van der Waals surface area contributed by atoms with Gasteiger partial charge in [0.1, 0.15) is 5.82 Å². The van der Waals surface area contributed by atoms with Gasteiger partial charge in [-0.05, 0) is 18.6 Å². The van der Waals surface area contributed by atoms with Gasteiger partial charge in [-0.2, -0.15) is 0 Å². The highest BCUT2D eigenvalue weighted by atomic mass is 35.5. The number of nitrogens with one attached hydrogen (secondary N) is 1. The zero-order valence-electron chi connectivity index (χ0n) is 10.2. The maximum Gasteiger partial charge on any atom is 0.129 e. The van der Waals surface area contributed by atoms with Crippen LogP contribution in [0.5, 0.6) is 0 Å². The molecule has 96 valence electrons. The van der Waals surface area contributed by atoms with E-state index in [9.17, 15) is 4.39 Å². The molecule has 0 aliphatic carbocycles. The lowest BCUT2D eigenvalue weighted by Gasteiger charge is -2.18. The van der Waals surface area contributed by atoms with Gasteiger partial charge < -0.3 is 0 Å². The molecule has 0 aliphatic rings. The number of halogens is 2. The molecule has 0 spiro atoms. The van der Waals surface area contributed by atoms with Crippen LogP contribution in [0.25, 0.3) is 0 Å². The van der Waals surface area contributed by atoms with Gasteiger partial charge in [0.15, 0.2) is 0 Å². The van der Waals surface area contributed by atoms with Crippen molar-refractivity contribution in [2.24, 2.45) is 5.84 Å². The smallest absolute Gasteiger partial charge is 0.129 e. The number of unbranched alkanes of at least 4 members (excludes halogenated alkanes) is 3. The average molecular weight is 259 g/mol. The Bertz CT molecular complexity index is 324. The quantitative estimate of drug-likeness (QED) is 0.441. The van der Waals surface area contributed by atoms with E-state index >= 15 is 0 Å². The molecule has 0 heterocycles. The standard InChI is InChI=1S/C13H20ClFN2/c1-2-3-4-5-9-12(17-16)13-10(14)7-6-8-11(13)15/h6-8,12,17H,2-5,9,16H2,1H3. The topological polar surface area (TPSA) is 38.0 Å². The van der Waals surface area contributed by atoms with Crippen molar-refractivity contribution in [1.82, 2.24) is 5.43 Å². The Morgan fingerprint density at radius 1 is 1.35 bits per heavy atom. The fourth-order valence-corrected chi connectivity index (χ4v) is 2.22. The van der Waals surface area contributed by atoms with Gasteiger partial charge in [0.2, 0.25) is 0 Å². The van der Waals surface area contributed by atoms with Crippen LogP contribution in [-0.4, -0.2) is 0 Å². The van der Waals surface area contributed by atoms with Crippen LogP contribution in [0.4, 0.5) is 4.39 Å². The van der Waals surface area contributed by atoms with Crippen molar-refractivity contribution in [3.63, 3.8) is 0 Å². The van der Waals surface area contributed by atoms with Crippen molar-refractivity contribution < 1.29 is 4.39 Å². The second kappa shape index (κ2) is 7.64. The largest absolute Gasteiger partial charge is 0.271 e. The summed E-state index contributed by atoms with van der Waals surface area (Å²) < 4.78 is 13.7. The van der Waals surface area contributed by atoms with Gasteiger partial charge in [0.25, 0.3) is 0 Å². The molecule has 1 atom stereocenters. The van der Waals surface area contributed by atoms with Crippen LogP contribution < -0.4 is 11.3 Å². The van der Waals surface area contributed by atoms with Gasteiger partial charge in [-0.1, -0.05) is 50.3 Å². The Labute approximate surface area is 107 Å². The summed E-state index contributed by atoms with van der Waals surface area (Å²) in [5.41, 5.74) is 3.13. The Hall–Kier alpha value is -0.640.